The van der Waals surface area contributed by atoms with Gasteiger partial charge in [-0.2, -0.15) is 4.39 Å². The van der Waals surface area contributed by atoms with E-state index in [-0.39, 0.29) is 12.4 Å². The van der Waals surface area contributed by atoms with E-state index in [1.807, 2.05) is 0 Å². The predicted molar refractivity (Wildman–Crippen MR) is 67.7 cm³/mol. The lowest BCUT2D eigenvalue weighted by Gasteiger charge is -2.09. The molecule has 1 heterocycles. The summed E-state index contributed by atoms with van der Waals surface area (Å²) in [5.74, 6) is -5.30. The van der Waals surface area contributed by atoms with Crippen LogP contribution in [0.15, 0.2) is 24.3 Å². The largest absolute Gasteiger partial charge is 0.491 e. The number of hydrogen-bond acceptors (Lipinski definition) is 3. The molecule has 4 nitrogen and oxygen atoms in total. The molecule has 2 rings (SSSR count). The Morgan fingerprint density at radius 1 is 1.19 bits per heavy atom. The summed E-state index contributed by atoms with van der Waals surface area (Å²) >= 11 is 0. The maximum absolute atomic E-state index is 14.0. The Morgan fingerprint density at radius 3 is 2.52 bits per heavy atom. The zero-order valence-corrected chi connectivity index (χ0v) is 10.9. The van der Waals surface area contributed by atoms with Crippen LogP contribution in [-0.4, -0.2) is 22.7 Å². The number of nitrogens with zero attached hydrogens (tertiary/aromatic N) is 1. The summed E-state index contributed by atoms with van der Waals surface area (Å²) in [6.45, 7) is 1.74. The van der Waals surface area contributed by atoms with E-state index in [0.29, 0.717) is 0 Å². The Morgan fingerprint density at radius 2 is 1.90 bits per heavy atom. The number of pyridine rings is 1. The molecule has 0 saturated carbocycles. The van der Waals surface area contributed by atoms with Crippen molar-refractivity contribution in [2.24, 2.45) is 0 Å². The molecular formula is C14H10F3NO3. The fourth-order valence-corrected chi connectivity index (χ4v) is 1.73. The van der Waals surface area contributed by atoms with Crippen molar-refractivity contribution < 1.29 is 27.8 Å². The average molecular weight is 297 g/mol. The molecule has 7 heteroatoms. The number of carbonyl (C=O) groups is 1. The Balaban J connectivity index is 2.59. The van der Waals surface area contributed by atoms with Crippen LogP contribution in [0.1, 0.15) is 17.4 Å². The fraction of sp³-hybridized carbons (Fsp3) is 0.143. The van der Waals surface area contributed by atoms with Gasteiger partial charge in [-0.25, -0.2) is 18.6 Å². The summed E-state index contributed by atoms with van der Waals surface area (Å²) in [5, 5.41) is 8.81. The van der Waals surface area contributed by atoms with Crippen LogP contribution in [0.4, 0.5) is 13.2 Å². The smallest absolute Gasteiger partial charge is 0.354 e. The van der Waals surface area contributed by atoms with E-state index in [0.717, 1.165) is 24.3 Å². The van der Waals surface area contributed by atoms with Gasteiger partial charge >= 0.3 is 5.97 Å². The highest BCUT2D eigenvalue weighted by Gasteiger charge is 2.20. The monoisotopic (exact) mass is 297 g/mol. The van der Waals surface area contributed by atoms with E-state index in [4.69, 9.17) is 9.84 Å². The average Bonchev–Trinajstić information content (AvgIpc) is 2.45. The maximum Gasteiger partial charge on any atom is 0.354 e. The first kappa shape index (κ1) is 14.8. The van der Waals surface area contributed by atoms with Crippen LogP contribution in [0.25, 0.3) is 11.3 Å². The summed E-state index contributed by atoms with van der Waals surface area (Å²) in [5.41, 5.74) is -1.52. The van der Waals surface area contributed by atoms with E-state index in [1.54, 1.807) is 6.92 Å². The van der Waals surface area contributed by atoms with Crippen molar-refractivity contribution in [1.82, 2.24) is 4.98 Å². The molecule has 1 aromatic carbocycles. The van der Waals surface area contributed by atoms with Crippen LogP contribution in [-0.2, 0) is 0 Å². The molecule has 0 unspecified atom stereocenters. The molecule has 0 atom stereocenters. The second-order valence-electron chi connectivity index (χ2n) is 4.00. The number of benzene rings is 1. The van der Waals surface area contributed by atoms with Crippen LogP contribution in [0.5, 0.6) is 5.75 Å². The van der Waals surface area contributed by atoms with Crippen molar-refractivity contribution in [3.05, 3.63) is 47.4 Å². The minimum Gasteiger partial charge on any atom is -0.491 e. The lowest BCUT2D eigenvalue weighted by molar-refractivity contribution is 0.0690. The van der Waals surface area contributed by atoms with Gasteiger partial charge < -0.3 is 9.84 Å². The lowest BCUT2D eigenvalue weighted by Crippen LogP contribution is -2.05. The SMILES string of the molecule is CCOc1ccc(-c2nc(C(=O)O)ccc2F)c(F)c1F. The number of ether oxygens (including phenoxy) is 1. The highest BCUT2D eigenvalue weighted by atomic mass is 19.2. The number of hydrogen-bond donors (Lipinski definition) is 1. The first-order chi connectivity index (χ1) is 9.95. The summed E-state index contributed by atoms with van der Waals surface area (Å²) in [6.07, 6.45) is 0. The van der Waals surface area contributed by atoms with Crippen LogP contribution in [0.3, 0.4) is 0 Å². The molecule has 0 bridgehead atoms. The van der Waals surface area contributed by atoms with Gasteiger partial charge in [-0.1, -0.05) is 0 Å². The minimum absolute atomic E-state index is 0.136. The first-order valence-corrected chi connectivity index (χ1v) is 5.96. The van der Waals surface area contributed by atoms with Gasteiger partial charge in [0.15, 0.2) is 11.6 Å². The van der Waals surface area contributed by atoms with E-state index in [9.17, 15) is 18.0 Å². The van der Waals surface area contributed by atoms with Crippen molar-refractivity contribution >= 4 is 5.97 Å². The highest BCUT2D eigenvalue weighted by Crippen LogP contribution is 2.30. The summed E-state index contributed by atoms with van der Waals surface area (Å²) < 4.78 is 46.3. The third-order valence-electron chi connectivity index (χ3n) is 2.67. The van der Waals surface area contributed by atoms with Gasteiger partial charge in [0.1, 0.15) is 17.2 Å². The Hall–Kier alpha value is -2.57. The van der Waals surface area contributed by atoms with Gasteiger partial charge in [-0.05, 0) is 31.2 Å². The van der Waals surface area contributed by atoms with Crippen molar-refractivity contribution in [2.75, 3.05) is 6.61 Å². The molecule has 2 aromatic rings. The van der Waals surface area contributed by atoms with Crippen LogP contribution in [0.2, 0.25) is 0 Å². The van der Waals surface area contributed by atoms with Crippen molar-refractivity contribution in [3.8, 4) is 17.0 Å². The second-order valence-corrected chi connectivity index (χ2v) is 4.00. The van der Waals surface area contributed by atoms with Gasteiger partial charge in [-0.3, -0.25) is 0 Å². The van der Waals surface area contributed by atoms with Crippen LogP contribution in [0, 0.1) is 17.5 Å². The molecule has 0 aliphatic carbocycles. The standard InChI is InChI=1S/C14H10F3NO3/c1-2-21-10-6-3-7(11(16)12(10)17)13-8(15)4-5-9(18-13)14(19)20/h3-6H,2H2,1H3,(H,19,20). The number of carboxylic acid groups (broad SMARTS) is 1. The Bertz CT molecular complexity index is 704. The quantitative estimate of drug-likeness (QED) is 0.941. The van der Waals surface area contributed by atoms with Crippen LogP contribution < -0.4 is 4.74 Å². The predicted octanol–water partition coefficient (Wildman–Crippen LogP) is 3.26. The van der Waals surface area contributed by atoms with Gasteiger partial charge in [0.25, 0.3) is 0 Å². The fourth-order valence-electron chi connectivity index (χ4n) is 1.73. The topological polar surface area (TPSA) is 59.4 Å². The Labute approximate surface area is 117 Å². The molecule has 0 fully saturated rings. The van der Waals surface area contributed by atoms with Gasteiger partial charge in [0.05, 0.1) is 6.61 Å². The molecule has 0 radical (unpaired) electrons. The molecule has 0 amide bonds. The van der Waals surface area contributed by atoms with E-state index in [1.165, 1.54) is 0 Å². The molecule has 0 spiro atoms. The van der Waals surface area contributed by atoms with Gasteiger partial charge in [-0.15, -0.1) is 0 Å². The zero-order valence-electron chi connectivity index (χ0n) is 10.9. The van der Waals surface area contributed by atoms with Crippen LogP contribution >= 0.6 is 0 Å². The number of carboxylic acids is 1. The minimum atomic E-state index is -1.40. The van der Waals surface area contributed by atoms with Gasteiger partial charge in [0, 0.05) is 5.56 Å². The van der Waals surface area contributed by atoms with Gasteiger partial charge in [0.2, 0.25) is 5.82 Å². The number of aromatic nitrogens is 1. The number of halogens is 3. The van der Waals surface area contributed by atoms with E-state index >= 15 is 0 Å². The molecule has 0 saturated heterocycles. The Kier molecular flexibility index (Phi) is 4.11. The van der Waals surface area contributed by atoms with Crippen molar-refractivity contribution in [2.45, 2.75) is 6.92 Å². The molecule has 110 valence electrons. The molecule has 0 aliphatic heterocycles. The molecule has 21 heavy (non-hydrogen) atoms. The lowest BCUT2D eigenvalue weighted by atomic mass is 10.1. The van der Waals surface area contributed by atoms with E-state index in [2.05, 4.69) is 4.98 Å². The molecule has 1 N–H and O–H groups in total. The number of aromatic carboxylic acids is 1. The van der Waals surface area contributed by atoms with Crippen molar-refractivity contribution in [1.29, 1.82) is 0 Å². The maximum atomic E-state index is 14.0. The first-order valence-electron chi connectivity index (χ1n) is 5.96. The van der Waals surface area contributed by atoms with Crippen molar-refractivity contribution in [3.63, 3.8) is 0 Å². The summed E-state index contributed by atoms with van der Waals surface area (Å²) in [6, 6.07) is 3.98. The summed E-state index contributed by atoms with van der Waals surface area (Å²) in [7, 11) is 0. The zero-order chi connectivity index (χ0) is 15.6. The third kappa shape index (κ3) is 2.81. The molecular weight excluding hydrogens is 287 g/mol. The summed E-state index contributed by atoms with van der Waals surface area (Å²) in [4.78, 5) is 14.3. The molecule has 0 aliphatic rings. The molecule has 1 aromatic heterocycles. The van der Waals surface area contributed by atoms with E-state index < -0.39 is 40.4 Å². The highest BCUT2D eigenvalue weighted by molar-refractivity contribution is 5.86. The normalized spacial score (nSPS) is 10.5. The second kappa shape index (κ2) is 5.82. The third-order valence-corrected chi connectivity index (χ3v) is 2.67. The number of rotatable bonds is 4.